The highest BCUT2D eigenvalue weighted by Crippen LogP contribution is 2.40. The number of ether oxygens (including phenoxy) is 3. The van der Waals surface area contributed by atoms with E-state index in [4.69, 9.17) is 14.2 Å². The van der Waals surface area contributed by atoms with Gasteiger partial charge >= 0.3 is 11.7 Å². The minimum absolute atomic E-state index is 0.124. The molecule has 1 atom stereocenters. The number of nitrogens with zero attached hydrogens (tertiary/aromatic N) is 3. The summed E-state index contributed by atoms with van der Waals surface area (Å²) in [4.78, 5) is 42.3. The van der Waals surface area contributed by atoms with Gasteiger partial charge in [-0.2, -0.15) is 0 Å². The largest absolute Gasteiger partial charge is 0.502 e. The van der Waals surface area contributed by atoms with Gasteiger partial charge in [-0.05, 0) is 49.2 Å². The molecule has 1 N–H and O–H groups in total. The number of hydrogen-bond donors (Lipinski definition) is 1. The Hall–Kier alpha value is -3.97. The molecule has 0 radical (unpaired) electrons. The summed E-state index contributed by atoms with van der Waals surface area (Å²) in [5.41, 5.74) is 0.477. The lowest BCUT2D eigenvalue weighted by atomic mass is 9.95. The van der Waals surface area contributed by atoms with Crippen LogP contribution in [-0.4, -0.2) is 41.4 Å². The summed E-state index contributed by atoms with van der Waals surface area (Å²) in [5, 5.41) is 21.0. The first-order chi connectivity index (χ1) is 18.1. The Kier molecular flexibility index (Phi) is 7.69. The molecule has 2 aromatic carbocycles. The van der Waals surface area contributed by atoms with Crippen LogP contribution in [0.1, 0.15) is 31.0 Å². The minimum atomic E-state index is -0.921. The molecule has 0 saturated heterocycles. The standard InChI is InChI=1S/C25H22BrN3O8S/c1-5-37-24(32)21-12(2)27-25-28(22(21)14-10-18(35-3)19(36-4)11-15(14)26)23(31)20(38-25)9-13-6-7-17(30)16(8-13)29(33)34/h6-11,22,30H,5H2,1-4H3/b20-9-/t22-/m1/s1. The van der Waals surface area contributed by atoms with Gasteiger partial charge in [0, 0.05) is 10.5 Å². The Morgan fingerprint density at radius 1 is 1.26 bits per heavy atom. The molecule has 38 heavy (non-hydrogen) atoms. The molecular weight excluding hydrogens is 582 g/mol. The highest BCUT2D eigenvalue weighted by molar-refractivity contribution is 9.10. The molecule has 0 saturated carbocycles. The third kappa shape index (κ3) is 4.82. The molecule has 0 spiro atoms. The lowest BCUT2D eigenvalue weighted by molar-refractivity contribution is -0.385. The van der Waals surface area contributed by atoms with Gasteiger partial charge in [0.15, 0.2) is 22.0 Å². The van der Waals surface area contributed by atoms with E-state index in [1.54, 1.807) is 26.0 Å². The monoisotopic (exact) mass is 603 g/mol. The number of nitro groups is 1. The third-order valence-corrected chi connectivity index (χ3v) is 7.48. The number of allylic oxidation sites excluding steroid dienone is 1. The maximum absolute atomic E-state index is 13.8. The fourth-order valence-electron chi connectivity index (χ4n) is 4.09. The van der Waals surface area contributed by atoms with Gasteiger partial charge in [0.2, 0.25) is 0 Å². The number of phenols is 1. The van der Waals surface area contributed by atoms with Gasteiger partial charge in [-0.25, -0.2) is 9.79 Å². The number of aromatic nitrogens is 1. The Morgan fingerprint density at radius 3 is 2.58 bits per heavy atom. The molecule has 2 heterocycles. The van der Waals surface area contributed by atoms with Crippen molar-refractivity contribution >= 4 is 45.0 Å². The lowest BCUT2D eigenvalue weighted by Gasteiger charge is -2.26. The number of aromatic hydroxyl groups is 1. The second-order valence-electron chi connectivity index (χ2n) is 8.04. The van der Waals surface area contributed by atoms with Gasteiger partial charge in [-0.15, -0.1) is 0 Å². The first-order valence-corrected chi connectivity index (χ1v) is 12.8. The number of fused-ring (bicyclic) bond motifs is 1. The van der Waals surface area contributed by atoms with Gasteiger partial charge < -0.3 is 19.3 Å². The van der Waals surface area contributed by atoms with Crippen molar-refractivity contribution in [2.45, 2.75) is 19.9 Å². The second kappa shape index (κ2) is 10.8. The van der Waals surface area contributed by atoms with E-state index in [0.717, 1.165) is 11.3 Å². The average molecular weight is 604 g/mol. The first-order valence-electron chi connectivity index (χ1n) is 11.2. The quantitative estimate of drug-likeness (QED) is 0.246. The molecule has 0 amide bonds. The van der Waals surface area contributed by atoms with Gasteiger partial charge in [-0.1, -0.05) is 33.3 Å². The van der Waals surface area contributed by atoms with Crippen LogP contribution in [0.4, 0.5) is 5.69 Å². The second-order valence-corrected chi connectivity index (χ2v) is 9.90. The highest BCUT2D eigenvalue weighted by Gasteiger charge is 2.35. The zero-order valence-electron chi connectivity index (χ0n) is 20.7. The number of rotatable bonds is 7. The van der Waals surface area contributed by atoms with Crippen molar-refractivity contribution in [1.82, 2.24) is 4.57 Å². The number of thiazole rings is 1. The molecule has 198 valence electrons. The van der Waals surface area contributed by atoms with E-state index in [0.29, 0.717) is 37.6 Å². The van der Waals surface area contributed by atoms with E-state index in [2.05, 4.69) is 20.9 Å². The van der Waals surface area contributed by atoms with Crippen molar-refractivity contribution in [3.8, 4) is 17.2 Å². The van der Waals surface area contributed by atoms with Crippen LogP contribution >= 0.6 is 27.3 Å². The van der Waals surface area contributed by atoms with Crippen molar-refractivity contribution in [3.63, 3.8) is 0 Å². The summed E-state index contributed by atoms with van der Waals surface area (Å²) < 4.78 is 18.3. The van der Waals surface area contributed by atoms with Crippen LogP contribution < -0.4 is 24.4 Å². The fourth-order valence-corrected chi connectivity index (χ4v) is 5.68. The van der Waals surface area contributed by atoms with E-state index < -0.39 is 33.9 Å². The molecule has 0 fully saturated rings. The average Bonchev–Trinajstić information content (AvgIpc) is 3.18. The van der Waals surface area contributed by atoms with Crippen LogP contribution in [0.15, 0.2) is 55.9 Å². The number of carbonyl (C=O) groups excluding carboxylic acids is 1. The van der Waals surface area contributed by atoms with Gasteiger partial charge in [0.25, 0.3) is 5.56 Å². The van der Waals surface area contributed by atoms with Crippen molar-refractivity contribution in [2.24, 2.45) is 4.99 Å². The van der Waals surface area contributed by atoms with Crippen molar-refractivity contribution in [3.05, 3.63) is 87.0 Å². The van der Waals surface area contributed by atoms with Crippen LogP contribution in [0.2, 0.25) is 0 Å². The van der Waals surface area contributed by atoms with Crippen molar-refractivity contribution in [1.29, 1.82) is 0 Å². The fraction of sp³-hybridized carbons (Fsp3) is 0.240. The third-order valence-electron chi connectivity index (χ3n) is 5.81. The Balaban J connectivity index is 2.00. The number of carbonyl (C=O) groups is 1. The molecule has 0 aliphatic carbocycles. The number of esters is 1. The normalized spacial score (nSPS) is 15.1. The van der Waals surface area contributed by atoms with E-state index in [-0.39, 0.29) is 16.7 Å². The summed E-state index contributed by atoms with van der Waals surface area (Å²) in [6.45, 7) is 3.47. The predicted molar refractivity (Wildman–Crippen MR) is 142 cm³/mol. The molecule has 0 bridgehead atoms. The maximum Gasteiger partial charge on any atom is 0.338 e. The lowest BCUT2D eigenvalue weighted by Crippen LogP contribution is -2.40. The minimum Gasteiger partial charge on any atom is -0.502 e. The van der Waals surface area contributed by atoms with E-state index in [1.807, 2.05) is 0 Å². The Bertz CT molecular complexity index is 1670. The molecular formula is C25H22BrN3O8S. The van der Waals surface area contributed by atoms with Gasteiger partial charge in [-0.3, -0.25) is 19.5 Å². The van der Waals surface area contributed by atoms with Crippen LogP contribution in [0, 0.1) is 10.1 Å². The molecule has 13 heteroatoms. The van der Waals surface area contributed by atoms with E-state index in [1.165, 1.54) is 43.1 Å². The molecule has 1 aliphatic heterocycles. The molecule has 3 aromatic rings. The smallest absolute Gasteiger partial charge is 0.338 e. The zero-order valence-corrected chi connectivity index (χ0v) is 23.1. The van der Waals surface area contributed by atoms with Crippen molar-refractivity contribution < 1.29 is 29.0 Å². The van der Waals surface area contributed by atoms with Gasteiger partial charge in [0.05, 0.1) is 47.6 Å². The molecule has 1 aliphatic rings. The van der Waals surface area contributed by atoms with E-state index in [9.17, 15) is 24.8 Å². The van der Waals surface area contributed by atoms with E-state index >= 15 is 0 Å². The Morgan fingerprint density at radius 2 is 1.95 bits per heavy atom. The van der Waals surface area contributed by atoms with Crippen LogP contribution in [0.5, 0.6) is 17.2 Å². The number of phenolic OH excluding ortho intramolecular Hbond substituents is 1. The zero-order chi connectivity index (χ0) is 27.7. The molecule has 0 unspecified atom stereocenters. The van der Waals surface area contributed by atoms with Gasteiger partial charge in [0.1, 0.15) is 0 Å². The molecule has 11 nitrogen and oxygen atoms in total. The van der Waals surface area contributed by atoms with Crippen LogP contribution in [0.25, 0.3) is 6.08 Å². The topological polar surface area (TPSA) is 142 Å². The Labute approximate surface area is 228 Å². The summed E-state index contributed by atoms with van der Waals surface area (Å²) in [6.07, 6.45) is 1.47. The number of nitro benzene ring substituents is 1. The maximum atomic E-state index is 13.8. The summed E-state index contributed by atoms with van der Waals surface area (Å²) in [5.74, 6) is -0.268. The number of benzene rings is 2. The highest BCUT2D eigenvalue weighted by atomic mass is 79.9. The number of hydrogen-bond acceptors (Lipinski definition) is 10. The molecule has 4 rings (SSSR count). The summed E-state index contributed by atoms with van der Waals surface area (Å²) in [6, 6.07) is 6.25. The van der Waals surface area contributed by atoms with Crippen LogP contribution in [-0.2, 0) is 9.53 Å². The first kappa shape index (κ1) is 27.1. The summed E-state index contributed by atoms with van der Waals surface area (Å²) in [7, 11) is 2.97. The predicted octanol–water partition coefficient (Wildman–Crippen LogP) is 3.19. The molecule has 1 aromatic heterocycles. The van der Waals surface area contributed by atoms with Crippen molar-refractivity contribution in [2.75, 3.05) is 20.8 Å². The number of methoxy groups -OCH3 is 2. The number of halogens is 1. The summed E-state index contributed by atoms with van der Waals surface area (Å²) >= 11 is 4.61. The van der Waals surface area contributed by atoms with Crippen LogP contribution in [0.3, 0.4) is 0 Å². The SMILES string of the molecule is CCOC(=O)C1=C(C)N=c2s/c(=C\c3ccc(O)c([N+](=O)[O-])c3)c(=O)n2[C@@H]1c1cc(OC)c(OC)cc1Br.